The Bertz CT molecular complexity index is 1380. The van der Waals surface area contributed by atoms with E-state index in [4.69, 9.17) is 0 Å². The Morgan fingerprint density at radius 2 is 0.545 bits per heavy atom. The first-order chi connectivity index (χ1) is 25.7. The van der Waals surface area contributed by atoms with E-state index in [9.17, 15) is 26.3 Å². The summed E-state index contributed by atoms with van der Waals surface area (Å²) in [5.74, 6) is -26.8. The molecule has 0 unspecified atom stereocenters. The summed E-state index contributed by atoms with van der Waals surface area (Å²) >= 11 is 0. The maximum atomic E-state index is 15.1. The van der Waals surface area contributed by atoms with Crippen LogP contribution in [0.1, 0.15) is 134 Å². The molecule has 0 aromatic heterocycles. The van der Waals surface area contributed by atoms with Crippen molar-refractivity contribution < 1.29 is 52.7 Å². The third kappa shape index (κ3) is 11.2. The zero-order valence-corrected chi connectivity index (χ0v) is 32.4. The SMILES string of the molecule is CCCCCCC(F)(F)C(F)(F)c1ccc(P(c2ccc(C(F)(F)C(F)(F)CCCCCC)cc2)c2ccc(C(F)(F)C(F)(F)CCCCCC)cc2)cc1. The number of rotatable bonds is 24. The summed E-state index contributed by atoms with van der Waals surface area (Å²) in [5, 5.41) is 0.590. The van der Waals surface area contributed by atoms with E-state index in [0.717, 1.165) is 92.1 Å². The quantitative estimate of drug-likeness (QED) is 0.0480. The van der Waals surface area contributed by atoms with Gasteiger partial charge in [-0.3, -0.25) is 0 Å². The van der Waals surface area contributed by atoms with Gasteiger partial charge in [0, 0.05) is 36.0 Å². The third-order valence-electron chi connectivity index (χ3n) is 9.88. The number of hydrogen-bond acceptors (Lipinski definition) is 0. The highest BCUT2D eigenvalue weighted by Gasteiger charge is 2.58. The molecule has 55 heavy (non-hydrogen) atoms. The van der Waals surface area contributed by atoms with Crippen LogP contribution >= 0.6 is 7.92 Å². The second-order valence-corrected chi connectivity index (χ2v) is 16.5. The molecule has 13 heteroatoms. The van der Waals surface area contributed by atoms with Crippen molar-refractivity contribution in [1.29, 1.82) is 0 Å². The van der Waals surface area contributed by atoms with Crippen LogP contribution < -0.4 is 15.9 Å². The molecule has 0 atom stereocenters. The molecule has 0 fully saturated rings. The normalized spacial score (nSPS) is 13.5. The van der Waals surface area contributed by atoms with Crippen LogP contribution in [0.4, 0.5) is 52.7 Å². The van der Waals surface area contributed by atoms with E-state index in [1.165, 1.54) is 0 Å². The predicted molar refractivity (Wildman–Crippen MR) is 198 cm³/mol. The minimum Gasteiger partial charge on any atom is -0.199 e. The molecule has 0 saturated carbocycles. The zero-order valence-electron chi connectivity index (χ0n) is 31.5. The van der Waals surface area contributed by atoms with E-state index >= 15 is 26.3 Å². The van der Waals surface area contributed by atoms with Gasteiger partial charge in [-0.15, -0.1) is 0 Å². The number of alkyl halides is 12. The van der Waals surface area contributed by atoms with Crippen molar-refractivity contribution in [3.63, 3.8) is 0 Å². The Morgan fingerprint density at radius 3 is 0.745 bits per heavy atom. The maximum Gasteiger partial charge on any atom is 0.335 e. The van der Waals surface area contributed by atoms with Gasteiger partial charge in [-0.2, -0.15) is 52.7 Å². The Balaban J connectivity index is 2.03. The molecule has 0 radical (unpaired) electrons. The lowest BCUT2D eigenvalue weighted by molar-refractivity contribution is -0.219. The molecule has 0 amide bonds. The molecule has 308 valence electrons. The van der Waals surface area contributed by atoms with Crippen molar-refractivity contribution in [2.75, 3.05) is 0 Å². The summed E-state index contributed by atoms with van der Waals surface area (Å²) in [5.41, 5.74) is -2.96. The molecule has 0 nitrogen and oxygen atoms in total. The van der Waals surface area contributed by atoms with Gasteiger partial charge in [0.1, 0.15) is 0 Å². The lowest BCUT2D eigenvalue weighted by Crippen LogP contribution is -2.38. The predicted octanol–water partition coefficient (Wildman–Crippen LogP) is 14.5. The van der Waals surface area contributed by atoms with Gasteiger partial charge in [-0.05, 0) is 43.1 Å². The summed E-state index contributed by atoms with van der Waals surface area (Å²) in [6.45, 7) is 5.54. The number of halogens is 12. The molecule has 0 bridgehead atoms. The van der Waals surface area contributed by atoms with Gasteiger partial charge in [-0.1, -0.05) is 151 Å². The molecule has 3 aromatic carbocycles. The number of hydrogen-bond donors (Lipinski definition) is 0. The summed E-state index contributed by atoms with van der Waals surface area (Å²) in [6.07, 6.45) is 1.60. The van der Waals surface area contributed by atoms with Gasteiger partial charge in [0.15, 0.2) is 0 Å². The fourth-order valence-electron chi connectivity index (χ4n) is 6.33. The van der Waals surface area contributed by atoms with Crippen LogP contribution in [-0.2, 0) is 17.8 Å². The van der Waals surface area contributed by atoms with Crippen molar-refractivity contribution in [1.82, 2.24) is 0 Å². The van der Waals surface area contributed by atoms with Gasteiger partial charge in [-0.25, -0.2) is 0 Å². The van der Waals surface area contributed by atoms with Crippen molar-refractivity contribution >= 4 is 23.8 Å². The lowest BCUT2D eigenvalue weighted by atomic mass is 9.97. The lowest BCUT2D eigenvalue weighted by Gasteiger charge is -2.29. The summed E-state index contributed by atoms with van der Waals surface area (Å²) in [7, 11) is -2.01. The standard InChI is InChI=1S/C42H51F12P/c1-4-7-10-13-28-37(43,44)40(49,50)31-16-22-34(23-17-31)55(35-24-18-32(19-25-35)41(51,52)38(45,46)29-14-11-8-5-2)36-26-20-33(21-27-36)42(53,54)39(47,48)30-15-12-9-6-3/h16-27H,4-15,28-30H2,1-3H3. The van der Waals surface area contributed by atoms with Crippen molar-refractivity contribution in [3.05, 3.63) is 89.5 Å². The average Bonchev–Trinajstić information content (AvgIpc) is 3.14. The van der Waals surface area contributed by atoms with Gasteiger partial charge in [0.2, 0.25) is 0 Å². The largest absolute Gasteiger partial charge is 0.335 e. The van der Waals surface area contributed by atoms with E-state index in [1.807, 2.05) is 20.8 Å². The van der Waals surface area contributed by atoms with Crippen LogP contribution in [-0.4, -0.2) is 17.8 Å². The highest BCUT2D eigenvalue weighted by molar-refractivity contribution is 7.79. The summed E-state index contributed by atoms with van der Waals surface area (Å²) in [4.78, 5) is 0. The highest BCUT2D eigenvalue weighted by atomic mass is 31.1. The Labute approximate surface area is 318 Å². The van der Waals surface area contributed by atoms with E-state index in [-0.39, 0.29) is 35.2 Å². The molecule has 0 N–H and O–H groups in total. The minimum atomic E-state index is -4.55. The molecule has 0 saturated heterocycles. The van der Waals surface area contributed by atoms with Crippen LogP contribution in [0.5, 0.6) is 0 Å². The molecule has 3 aromatic rings. The van der Waals surface area contributed by atoms with Crippen molar-refractivity contribution in [3.8, 4) is 0 Å². The molecule has 0 aliphatic heterocycles. The monoisotopic (exact) mass is 814 g/mol. The van der Waals surface area contributed by atoms with Crippen LogP contribution in [0.15, 0.2) is 72.8 Å². The van der Waals surface area contributed by atoms with Gasteiger partial charge in [0.25, 0.3) is 0 Å². The molecule has 0 aliphatic rings. The highest BCUT2D eigenvalue weighted by Crippen LogP contribution is 2.49. The van der Waals surface area contributed by atoms with Crippen molar-refractivity contribution in [2.24, 2.45) is 0 Å². The Morgan fingerprint density at radius 1 is 0.327 bits per heavy atom. The molecule has 3 rings (SSSR count). The number of benzene rings is 3. The zero-order chi connectivity index (χ0) is 41.1. The van der Waals surface area contributed by atoms with Crippen LogP contribution in [0, 0.1) is 0 Å². The van der Waals surface area contributed by atoms with Gasteiger partial charge < -0.3 is 0 Å². The molecule has 0 aliphatic carbocycles. The first kappa shape index (κ1) is 46.6. The van der Waals surface area contributed by atoms with E-state index < -0.39 is 79.4 Å². The molecular weight excluding hydrogens is 763 g/mol. The first-order valence-corrected chi connectivity index (χ1v) is 20.4. The fraction of sp³-hybridized carbons (Fsp3) is 0.571. The topological polar surface area (TPSA) is 0 Å². The molecular formula is C42H51F12P. The molecule has 0 heterocycles. The van der Waals surface area contributed by atoms with Crippen LogP contribution in [0.25, 0.3) is 0 Å². The van der Waals surface area contributed by atoms with Crippen molar-refractivity contribution in [2.45, 2.75) is 153 Å². The van der Waals surface area contributed by atoms with E-state index in [0.29, 0.717) is 38.5 Å². The van der Waals surface area contributed by atoms with Gasteiger partial charge >= 0.3 is 35.5 Å². The number of unbranched alkanes of at least 4 members (excludes halogenated alkanes) is 9. The summed E-state index contributed by atoms with van der Waals surface area (Å²) in [6, 6.07) is 11.6. The smallest absolute Gasteiger partial charge is 0.199 e. The van der Waals surface area contributed by atoms with Crippen LogP contribution in [0.3, 0.4) is 0 Å². The average molecular weight is 815 g/mol. The van der Waals surface area contributed by atoms with Gasteiger partial charge in [0.05, 0.1) is 0 Å². The maximum absolute atomic E-state index is 15.1. The second kappa shape index (κ2) is 19.6. The molecule has 0 spiro atoms. The van der Waals surface area contributed by atoms with E-state index in [1.54, 1.807) is 0 Å². The van der Waals surface area contributed by atoms with E-state index in [2.05, 4.69) is 0 Å². The second-order valence-electron chi connectivity index (χ2n) is 14.2. The first-order valence-electron chi connectivity index (χ1n) is 19.1. The third-order valence-corrected chi connectivity index (χ3v) is 12.3. The Kier molecular flexibility index (Phi) is 16.6. The van der Waals surface area contributed by atoms with Crippen LogP contribution in [0.2, 0.25) is 0 Å². The fourth-order valence-corrected chi connectivity index (χ4v) is 8.57. The minimum absolute atomic E-state index is 0.112. The Hall–Kier alpha value is -2.75. The summed E-state index contributed by atoms with van der Waals surface area (Å²) < 4.78 is 180.